The minimum Gasteiger partial charge on any atom is -0.468 e. The molecule has 0 N–H and O–H groups in total. The van der Waals surface area contributed by atoms with Crippen LogP contribution in [0.15, 0.2) is 77.6 Å². The van der Waals surface area contributed by atoms with Crippen molar-refractivity contribution in [1.82, 2.24) is 9.47 Å². The molecule has 0 radical (unpaired) electrons. The van der Waals surface area contributed by atoms with E-state index in [4.69, 9.17) is 0 Å². The maximum atomic E-state index is 13.0. The molecule has 7 heteroatoms. The zero-order valence-electron chi connectivity index (χ0n) is 22.3. The number of imide groups is 1. The van der Waals surface area contributed by atoms with Crippen LogP contribution >= 0.6 is 0 Å². The second kappa shape index (κ2) is 10.2. The third-order valence-electron chi connectivity index (χ3n) is 7.44. The molecule has 0 fully saturated rings. The van der Waals surface area contributed by atoms with Crippen molar-refractivity contribution in [3.63, 3.8) is 0 Å². The van der Waals surface area contributed by atoms with Gasteiger partial charge in [-0.15, -0.1) is 0 Å². The van der Waals surface area contributed by atoms with E-state index in [1.54, 1.807) is 28.8 Å². The predicted octanol–water partition coefficient (Wildman–Crippen LogP) is 4.60. The fourth-order valence-electron chi connectivity index (χ4n) is 5.33. The number of amides is 2. The van der Waals surface area contributed by atoms with E-state index >= 15 is 0 Å². The Labute approximate surface area is 225 Å². The molecule has 0 bridgehead atoms. The van der Waals surface area contributed by atoms with Crippen LogP contribution in [0.4, 0.5) is 0 Å². The SMILES string of the molecule is COC(=O)CN1C(=O)c2ccccc2C1=O.Cc1cccc2c1CC=C2c1c(C)c2ccccc2n(C)c1=O. The molecule has 0 saturated carbocycles. The van der Waals surface area contributed by atoms with Gasteiger partial charge in [0.2, 0.25) is 0 Å². The zero-order chi connectivity index (χ0) is 27.8. The van der Waals surface area contributed by atoms with Gasteiger partial charge < -0.3 is 9.30 Å². The number of methoxy groups -OCH3 is 1. The van der Waals surface area contributed by atoms with E-state index in [0.717, 1.165) is 38.9 Å². The summed E-state index contributed by atoms with van der Waals surface area (Å²) < 4.78 is 6.19. The van der Waals surface area contributed by atoms with Crippen LogP contribution in [0.2, 0.25) is 0 Å². The van der Waals surface area contributed by atoms with Gasteiger partial charge in [0, 0.05) is 12.4 Å². The highest BCUT2D eigenvalue weighted by atomic mass is 16.5. The van der Waals surface area contributed by atoms with Crippen LogP contribution < -0.4 is 5.56 Å². The Morgan fingerprint density at radius 1 is 0.846 bits per heavy atom. The summed E-state index contributed by atoms with van der Waals surface area (Å²) in [6.45, 7) is 3.86. The molecule has 2 heterocycles. The Bertz CT molecular complexity index is 1730. The number of aryl methyl sites for hydroxylation is 3. The van der Waals surface area contributed by atoms with Gasteiger partial charge in [-0.1, -0.05) is 54.6 Å². The van der Waals surface area contributed by atoms with Crippen molar-refractivity contribution < 1.29 is 19.1 Å². The van der Waals surface area contributed by atoms with Crippen LogP contribution in [0.5, 0.6) is 0 Å². The Morgan fingerprint density at radius 2 is 1.46 bits per heavy atom. The summed E-state index contributed by atoms with van der Waals surface area (Å²) >= 11 is 0. The number of aromatic nitrogens is 1. The van der Waals surface area contributed by atoms with Crippen molar-refractivity contribution in [2.24, 2.45) is 7.05 Å². The van der Waals surface area contributed by atoms with Gasteiger partial charge in [0.15, 0.2) is 0 Å². The van der Waals surface area contributed by atoms with Gasteiger partial charge in [0.05, 0.1) is 29.3 Å². The fourth-order valence-corrected chi connectivity index (χ4v) is 5.33. The van der Waals surface area contributed by atoms with Crippen LogP contribution in [-0.4, -0.2) is 40.9 Å². The van der Waals surface area contributed by atoms with E-state index in [0.29, 0.717) is 11.1 Å². The molecule has 7 nitrogen and oxygen atoms in total. The Balaban J connectivity index is 0.000000169. The number of rotatable bonds is 3. The number of hydrogen-bond donors (Lipinski definition) is 0. The van der Waals surface area contributed by atoms with Crippen molar-refractivity contribution in [3.8, 4) is 0 Å². The van der Waals surface area contributed by atoms with Gasteiger partial charge in [0.1, 0.15) is 6.54 Å². The monoisotopic (exact) mass is 520 g/mol. The number of pyridine rings is 1. The second-order valence-electron chi connectivity index (χ2n) is 9.62. The van der Waals surface area contributed by atoms with Crippen LogP contribution in [-0.2, 0) is 23.0 Å². The van der Waals surface area contributed by atoms with Crippen LogP contribution in [0.25, 0.3) is 16.5 Å². The van der Waals surface area contributed by atoms with Crippen molar-refractivity contribution in [1.29, 1.82) is 0 Å². The lowest BCUT2D eigenvalue weighted by molar-refractivity contribution is -0.140. The van der Waals surface area contributed by atoms with Crippen molar-refractivity contribution >= 4 is 34.3 Å². The normalized spacial score (nSPS) is 13.5. The standard InChI is InChI=1S/C21H19NO.C11H9NO4/c1-13-7-6-9-17-15(13)11-12-18(17)20-14(2)16-8-4-5-10-19(16)22(3)21(20)23;1-16-9(13)6-12-10(14)7-4-2-3-5-8(7)11(12)15/h4-10,12H,11H2,1-3H3;2-5H,6H2,1H3. The molecular weight excluding hydrogens is 492 g/mol. The number of hydrogen-bond acceptors (Lipinski definition) is 5. The Hall–Kier alpha value is -4.78. The maximum Gasteiger partial charge on any atom is 0.325 e. The van der Waals surface area contributed by atoms with Gasteiger partial charge in [-0.3, -0.25) is 24.1 Å². The summed E-state index contributed by atoms with van der Waals surface area (Å²) in [6, 6.07) is 20.9. The number of fused-ring (bicyclic) bond motifs is 3. The van der Waals surface area contributed by atoms with Crippen LogP contribution in [0.3, 0.4) is 0 Å². The third kappa shape index (κ3) is 4.36. The number of ether oxygens (including phenoxy) is 1. The fraction of sp³-hybridized carbons (Fsp3) is 0.188. The molecule has 3 aromatic carbocycles. The average Bonchev–Trinajstić information content (AvgIpc) is 3.48. The van der Waals surface area contributed by atoms with Crippen molar-refractivity contribution in [2.45, 2.75) is 20.3 Å². The molecule has 0 saturated heterocycles. The van der Waals surface area contributed by atoms with E-state index in [1.165, 1.54) is 23.8 Å². The summed E-state index contributed by atoms with van der Waals surface area (Å²) in [6.07, 6.45) is 3.11. The molecule has 39 heavy (non-hydrogen) atoms. The van der Waals surface area contributed by atoms with Gasteiger partial charge in [0.25, 0.3) is 17.4 Å². The van der Waals surface area contributed by atoms with E-state index in [1.807, 2.05) is 25.2 Å². The summed E-state index contributed by atoms with van der Waals surface area (Å²) in [7, 11) is 3.07. The molecule has 0 unspecified atom stereocenters. The summed E-state index contributed by atoms with van der Waals surface area (Å²) in [5, 5.41) is 1.15. The minimum atomic E-state index is -0.616. The first-order chi connectivity index (χ1) is 18.7. The third-order valence-corrected chi connectivity index (χ3v) is 7.44. The molecule has 2 amide bonds. The second-order valence-corrected chi connectivity index (χ2v) is 9.62. The Kier molecular flexibility index (Phi) is 6.74. The van der Waals surface area contributed by atoms with Gasteiger partial charge in [-0.05, 0) is 66.3 Å². The molecule has 1 aliphatic heterocycles. The number of carbonyl (C=O) groups is 3. The van der Waals surface area contributed by atoms with Gasteiger partial charge in [-0.25, -0.2) is 0 Å². The number of benzene rings is 3. The lowest BCUT2D eigenvalue weighted by atomic mass is 9.93. The predicted molar refractivity (Wildman–Crippen MR) is 150 cm³/mol. The first-order valence-electron chi connectivity index (χ1n) is 12.6. The first kappa shape index (κ1) is 25.9. The number of allylic oxidation sites excluding steroid dienone is 1. The van der Waals surface area contributed by atoms with Crippen molar-refractivity contribution in [2.75, 3.05) is 13.7 Å². The molecule has 2 aliphatic rings. The molecule has 1 aromatic heterocycles. The van der Waals surface area contributed by atoms with Gasteiger partial charge >= 0.3 is 5.97 Å². The molecule has 4 aromatic rings. The topological polar surface area (TPSA) is 85.7 Å². The van der Waals surface area contributed by atoms with Crippen molar-refractivity contribution in [3.05, 3.63) is 122 Å². The van der Waals surface area contributed by atoms with E-state index in [2.05, 4.69) is 48.9 Å². The number of nitrogens with zero attached hydrogens (tertiary/aromatic N) is 2. The zero-order valence-corrected chi connectivity index (χ0v) is 22.3. The summed E-state index contributed by atoms with van der Waals surface area (Å²) in [4.78, 5) is 48.4. The molecule has 0 atom stereocenters. The number of esters is 1. The molecule has 196 valence electrons. The highest BCUT2D eigenvalue weighted by Crippen LogP contribution is 2.35. The average molecular weight is 521 g/mol. The molecule has 1 aliphatic carbocycles. The van der Waals surface area contributed by atoms with E-state index in [-0.39, 0.29) is 12.1 Å². The molecule has 6 rings (SSSR count). The van der Waals surface area contributed by atoms with Crippen LogP contribution in [0, 0.1) is 13.8 Å². The van der Waals surface area contributed by atoms with Gasteiger partial charge in [-0.2, -0.15) is 0 Å². The molecular formula is C32H28N2O5. The lowest BCUT2D eigenvalue weighted by Gasteiger charge is -2.15. The van der Waals surface area contributed by atoms with Crippen LogP contribution in [0.1, 0.15) is 48.5 Å². The maximum absolute atomic E-state index is 13.0. The minimum absolute atomic E-state index is 0.0850. The Morgan fingerprint density at radius 3 is 2.13 bits per heavy atom. The molecule has 0 spiro atoms. The highest BCUT2D eigenvalue weighted by Gasteiger charge is 2.36. The summed E-state index contributed by atoms with van der Waals surface area (Å²) in [5.74, 6) is -1.52. The largest absolute Gasteiger partial charge is 0.468 e. The summed E-state index contributed by atoms with van der Waals surface area (Å²) in [5.41, 5.74) is 8.59. The van der Waals surface area contributed by atoms with E-state index < -0.39 is 17.8 Å². The lowest BCUT2D eigenvalue weighted by Crippen LogP contribution is -2.35. The smallest absolute Gasteiger partial charge is 0.325 e. The quantitative estimate of drug-likeness (QED) is 0.291. The number of carbonyl (C=O) groups excluding carboxylic acids is 3. The number of para-hydroxylation sites is 1. The highest BCUT2D eigenvalue weighted by molar-refractivity contribution is 6.22. The van der Waals surface area contributed by atoms with E-state index in [9.17, 15) is 19.2 Å². The first-order valence-corrected chi connectivity index (χ1v) is 12.6.